The van der Waals surface area contributed by atoms with Gasteiger partial charge in [-0.2, -0.15) is 0 Å². The summed E-state index contributed by atoms with van der Waals surface area (Å²) < 4.78 is 20.6. The number of benzene rings is 1. The average Bonchev–Trinajstić information content (AvgIpc) is 2.91. The fraction of sp³-hybridized carbons (Fsp3) is 0.444. The normalized spacial score (nSPS) is 12.7. The fourth-order valence-corrected chi connectivity index (χ4v) is 2.64. The van der Waals surface area contributed by atoms with Crippen LogP contribution in [0.1, 0.15) is 18.2 Å². The van der Waals surface area contributed by atoms with Crippen molar-refractivity contribution in [2.24, 2.45) is 0 Å². The number of methoxy groups -OCH3 is 1. The Kier molecular flexibility index (Phi) is 6.77. The van der Waals surface area contributed by atoms with E-state index in [9.17, 15) is 9.50 Å². The maximum atomic E-state index is 13.3. The first-order valence-corrected chi connectivity index (χ1v) is 7.86. The molecule has 0 unspecified atom stereocenters. The lowest BCUT2D eigenvalue weighted by Crippen LogP contribution is -2.34. The predicted octanol–water partition coefficient (Wildman–Crippen LogP) is 2.50. The summed E-state index contributed by atoms with van der Waals surface area (Å²) >= 11 is 0. The number of ether oxygens (including phenoxy) is 1. The van der Waals surface area contributed by atoms with E-state index in [2.05, 4.69) is 15.5 Å². The van der Waals surface area contributed by atoms with Crippen LogP contribution in [0.15, 0.2) is 42.6 Å². The van der Waals surface area contributed by atoms with Crippen molar-refractivity contribution >= 4 is 0 Å². The number of aliphatic hydroxyl groups excluding tert-OH is 1. The van der Waals surface area contributed by atoms with Crippen LogP contribution in [-0.2, 0) is 17.8 Å². The van der Waals surface area contributed by atoms with Gasteiger partial charge in [0, 0.05) is 45.2 Å². The summed E-state index contributed by atoms with van der Waals surface area (Å²) in [5, 5.41) is 9.65. The molecule has 1 aromatic carbocycles. The summed E-state index contributed by atoms with van der Waals surface area (Å²) in [6.45, 7) is 5.10. The Morgan fingerprint density at radius 2 is 2.13 bits per heavy atom. The van der Waals surface area contributed by atoms with E-state index >= 15 is 0 Å². The highest BCUT2D eigenvalue weighted by atomic mass is 19.1. The SMILES string of the molecule is COCCN(Cc1cccn1Cc1cccc(F)c1)C[C@@H](C)O. The van der Waals surface area contributed by atoms with Crippen molar-refractivity contribution in [3.63, 3.8) is 0 Å². The number of aliphatic hydroxyl groups is 1. The third kappa shape index (κ3) is 5.78. The molecular formula is C18H25FN2O2. The van der Waals surface area contributed by atoms with Crippen LogP contribution in [0.2, 0.25) is 0 Å². The van der Waals surface area contributed by atoms with Gasteiger partial charge >= 0.3 is 0 Å². The van der Waals surface area contributed by atoms with Gasteiger partial charge in [0.05, 0.1) is 12.7 Å². The van der Waals surface area contributed by atoms with Gasteiger partial charge in [-0.15, -0.1) is 0 Å². The Balaban J connectivity index is 2.06. The lowest BCUT2D eigenvalue weighted by Gasteiger charge is -2.24. The maximum absolute atomic E-state index is 13.3. The highest BCUT2D eigenvalue weighted by Gasteiger charge is 2.11. The topological polar surface area (TPSA) is 37.6 Å². The summed E-state index contributed by atoms with van der Waals surface area (Å²) in [7, 11) is 1.67. The second-order valence-electron chi connectivity index (χ2n) is 5.83. The molecule has 1 atom stereocenters. The van der Waals surface area contributed by atoms with Crippen LogP contribution in [0.25, 0.3) is 0 Å². The van der Waals surface area contributed by atoms with Crippen LogP contribution in [0.3, 0.4) is 0 Å². The second-order valence-corrected chi connectivity index (χ2v) is 5.83. The Morgan fingerprint density at radius 3 is 2.83 bits per heavy atom. The lowest BCUT2D eigenvalue weighted by atomic mass is 10.2. The van der Waals surface area contributed by atoms with E-state index in [4.69, 9.17) is 4.74 Å². The molecule has 1 N–H and O–H groups in total. The van der Waals surface area contributed by atoms with Crippen LogP contribution in [0, 0.1) is 5.82 Å². The van der Waals surface area contributed by atoms with Crippen LogP contribution in [0.4, 0.5) is 4.39 Å². The van der Waals surface area contributed by atoms with E-state index in [1.807, 2.05) is 18.3 Å². The lowest BCUT2D eigenvalue weighted by molar-refractivity contribution is 0.0926. The average molecular weight is 320 g/mol. The fourth-order valence-electron chi connectivity index (χ4n) is 2.64. The third-order valence-corrected chi connectivity index (χ3v) is 3.69. The van der Waals surface area contributed by atoms with Crippen LogP contribution in [-0.4, -0.2) is 47.5 Å². The first-order chi connectivity index (χ1) is 11.1. The van der Waals surface area contributed by atoms with Gasteiger partial charge in [-0.25, -0.2) is 4.39 Å². The Bertz CT molecular complexity index is 598. The van der Waals surface area contributed by atoms with Crippen molar-refractivity contribution in [3.8, 4) is 0 Å². The van der Waals surface area contributed by atoms with Gasteiger partial charge in [0.1, 0.15) is 5.82 Å². The largest absolute Gasteiger partial charge is 0.392 e. The summed E-state index contributed by atoms with van der Waals surface area (Å²) in [5.74, 6) is -0.216. The molecule has 0 fully saturated rings. The monoisotopic (exact) mass is 320 g/mol. The Morgan fingerprint density at radius 1 is 1.30 bits per heavy atom. The predicted molar refractivity (Wildman–Crippen MR) is 88.8 cm³/mol. The van der Waals surface area contributed by atoms with Gasteiger partial charge in [-0.05, 0) is 36.8 Å². The van der Waals surface area contributed by atoms with Crippen LogP contribution < -0.4 is 0 Å². The summed E-state index contributed by atoms with van der Waals surface area (Å²) in [4.78, 5) is 2.16. The Hall–Kier alpha value is -1.69. The molecule has 0 aliphatic heterocycles. The third-order valence-electron chi connectivity index (χ3n) is 3.69. The summed E-state index contributed by atoms with van der Waals surface area (Å²) in [6, 6.07) is 10.7. The molecule has 0 bridgehead atoms. The van der Waals surface area contributed by atoms with Gasteiger partial charge in [-0.1, -0.05) is 12.1 Å². The minimum absolute atomic E-state index is 0.216. The number of hydrogen-bond donors (Lipinski definition) is 1. The highest BCUT2D eigenvalue weighted by molar-refractivity contribution is 5.18. The van der Waals surface area contributed by atoms with Crippen molar-refractivity contribution in [3.05, 3.63) is 59.7 Å². The van der Waals surface area contributed by atoms with E-state index in [0.717, 1.165) is 24.3 Å². The first-order valence-electron chi connectivity index (χ1n) is 7.86. The summed E-state index contributed by atoms with van der Waals surface area (Å²) in [5.41, 5.74) is 2.06. The zero-order valence-corrected chi connectivity index (χ0v) is 13.8. The minimum atomic E-state index is -0.390. The van der Waals surface area contributed by atoms with Crippen molar-refractivity contribution in [1.29, 1.82) is 0 Å². The highest BCUT2D eigenvalue weighted by Crippen LogP contribution is 2.12. The Labute approximate surface area is 137 Å². The van der Waals surface area contributed by atoms with Gasteiger partial charge in [-0.3, -0.25) is 4.90 Å². The molecule has 0 saturated carbocycles. The standard InChI is InChI=1S/C18H25FN2O2/c1-15(22)12-20(9-10-23-2)14-18-7-4-8-21(18)13-16-5-3-6-17(19)11-16/h3-8,11,15,22H,9-10,12-14H2,1-2H3/t15-/m1/s1. The smallest absolute Gasteiger partial charge is 0.123 e. The molecule has 0 aliphatic carbocycles. The molecule has 0 spiro atoms. The van der Waals surface area contributed by atoms with Crippen molar-refractivity contribution < 1.29 is 14.2 Å². The van der Waals surface area contributed by atoms with E-state index < -0.39 is 6.10 Å². The van der Waals surface area contributed by atoms with Gasteiger partial charge < -0.3 is 14.4 Å². The molecule has 2 rings (SSSR count). The van der Waals surface area contributed by atoms with E-state index in [1.54, 1.807) is 26.2 Å². The van der Waals surface area contributed by atoms with Crippen molar-refractivity contribution in [2.75, 3.05) is 26.8 Å². The molecule has 2 aromatic rings. The minimum Gasteiger partial charge on any atom is -0.392 e. The molecular weight excluding hydrogens is 295 g/mol. The zero-order chi connectivity index (χ0) is 16.7. The number of nitrogens with zero attached hydrogens (tertiary/aromatic N) is 2. The quantitative estimate of drug-likeness (QED) is 0.771. The van der Waals surface area contributed by atoms with E-state index in [0.29, 0.717) is 19.7 Å². The molecule has 0 aliphatic rings. The van der Waals surface area contributed by atoms with Gasteiger partial charge in [0.2, 0.25) is 0 Å². The van der Waals surface area contributed by atoms with Gasteiger partial charge in [0.15, 0.2) is 0 Å². The molecule has 5 heteroatoms. The molecule has 126 valence electrons. The maximum Gasteiger partial charge on any atom is 0.123 e. The molecule has 0 radical (unpaired) electrons. The number of aromatic nitrogens is 1. The molecule has 1 aromatic heterocycles. The molecule has 4 nitrogen and oxygen atoms in total. The molecule has 0 amide bonds. The number of halogens is 1. The van der Waals surface area contributed by atoms with Crippen LogP contribution >= 0.6 is 0 Å². The first kappa shape index (κ1) is 17.7. The van der Waals surface area contributed by atoms with Gasteiger partial charge in [0.25, 0.3) is 0 Å². The zero-order valence-electron chi connectivity index (χ0n) is 13.8. The second kappa shape index (κ2) is 8.82. The van der Waals surface area contributed by atoms with E-state index in [-0.39, 0.29) is 5.82 Å². The molecule has 0 saturated heterocycles. The number of rotatable bonds is 9. The summed E-state index contributed by atoms with van der Waals surface area (Å²) in [6.07, 6.45) is 1.61. The number of hydrogen-bond acceptors (Lipinski definition) is 3. The molecule has 1 heterocycles. The molecule has 23 heavy (non-hydrogen) atoms. The van der Waals surface area contributed by atoms with Crippen molar-refractivity contribution in [2.45, 2.75) is 26.1 Å². The van der Waals surface area contributed by atoms with Crippen molar-refractivity contribution in [1.82, 2.24) is 9.47 Å². The van der Waals surface area contributed by atoms with Crippen LogP contribution in [0.5, 0.6) is 0 Å². The van der Waals surface area contributed by atoms with E-state index in [1.165, 1.54) is 6.07 Å².